The zero-order chi connectivity index (χ0) is 17.3. The van der Waals surface area contributed by atoms with Crippen molar-refractivity contribution in [1.82, 2.24) is 10.2 Å². The molecule has 0 bridgehead atoms. The Bertz CT molecular complexity index is 766. The van der Waals surface area contributed by atoms with E-state index in [4.69, 9.17) is 4.74 Å². The van der Waals surface area contributed by atoms with Gasteiger partial charge in [0.2, 0.25) is 5.91 Å². The molecule has 2 heterocycles. The maximum Gasteiger partial charge on any atom is 0.387 e. The molecule has 6 nitrogen and oxygen atoms in total. The van der Waals surface area contributed by atoms with Gasteiger partial charge in [-0.15, -0.1) is 11.8 Å². The van der Waals surface area contributed by atoms with E-state index in [2.05, 4.69) is 20.3 Å². The molecule has 0 saturated carbocycles. The first-order valence-corrected chi connectivity index (χ1v) is 8.13. The third-order valence-corrected chi connectivity index (χ3v) is 4.87. The molecular weight excluding hydrogens is 340 g/mol. The van der Waals surface area contributed by atoms with Gasteiger partial charge in [-0.3, -0.25) is 9.89 Å². The highest BCUT2D eigenvalue weighted by Gasteiger charge is 2.29. The number of H-pyrrole nitrogens is 1. The molecule has 1 aliphatic heterocycles. The summed E-state index contributed by atoms with van der Waals surface area (Å²) in [6.45, 7) is -1.07. The van der Waals surface area contributed by atoms with Crippen LogP contribution in [0.5, 0.6) is 11.5 Å². The average molecular weight is 355 g/mol. The number of hydrogen-bond acceptors (Lipinski definition) is 5. The van der Waals surface area contributed by atoms with Gasteiger partial charge in [0, 0.05) is 11.3 Å². The zero-order valence-corrected chi connectivity index (χ0v) is 13.7. The van der Waals surface area contributed by atoms with Gasteiger partial charge in [0.15, 0.2) is 17.3 Å². The predicted molar refractivity (Wildman–Crippen MR) is 85.9 cm³/mol. The largest absolute Gasteiger partial charge is 0.493 e. The van der Waals surface area contributed by atoms with E-state index < -0.39 is 6.61 Å². The van der Waals surface area contributed by atoms with Crippen LogP contribution in [0.1, 0.15) is 22.1 Å². The number of anilines is 1. The first kappa shape index (κ1) is 16.6. The van der Waals surface area contributed by atoms with Crippen LogP contribution in [0.2, 0.25) is 0 Å². The number of carbonyl (C=O) groups is 1. The number of alkyl halides is 2. The standard InChI is InChI=1S/C15H15F2N3O3S/c1-7-12-13(24-6-11(21)18-14(12)20-19-7)8-3-4-9(23-15(16)17)10(5-8)22-2/h3-5,13,15H,6H2,1-2H3,(H2,18,19,20,21). The first-order valence-electron chi connectivity index (χ1n) is 7.08. The second kappa shape index (κ2) is 6.68. The number of rotatable bonds is 4. The number of aryl methyl sites for hydroxylation is 1. The molecule has 0 aliphatic carbocycles. The Hall–Kier alpha value is -2.29. The molecule has 1 aliphatic rings. The highest BCUT2D eigenvalue weighted by molar-refractivity contribution is 8.00. The SMILES string of the molecule is COc1cc(C2SCC(=O)Nc3n[nH]c(C)c32)ccc1OC(F)F. The second-order valence-electron chi connectivity index (χ2n) is 5.14. The van der Waals surface area contributed by atoms with Crippen molar-refractivity contribution < 1.29 is 23.0 Å². The zero-order valence-electron chi connectivity index (χ0n) is 12.9. The van der Waals surface area contributed by atoms with E-state index in [1.165, 1.54) is 24.9 Å². The number of thioether (sulfide) groups is 1. The van der Waals surface area contributed by atoms with Crippen LogP contribution < -0.4 is 14.8 Å². The first-order chi connectivity index (χ1) is 11.5. The van der Waals surface area contributed by atoms with Gasteiger partial charge < -0.3 is 14.8 Å². The molecule has 0 radical (unpaired) electrons. The van der Waals surface area contributed by atoms with Gasteiger partial charge in [-0.05, 0) is 24.6 Å². The van der Waals surface area contributed by atoms with Crippen molar-refractivity contribution in [3.8, 4) is 11.5 Å². The normalized spacial score (nSPS) is 17.2. The number of ether oxygens (including phenoxy) is 2. The summed E-state index contributed by atoms with van der Waals surface area (Å²) in [6.07, 6.45) is 0. The van der Waals surface area contributed by atoms with Gasteiger partial charge in [0.25, 0.3) is 0 Å². The molecule has 1 aromatic heterocycles. The summed E-state index contributed by atoms with van der Waals surface area (Å²) >= 11 is 1.43. The third kappa shape index (κ3) is 3.16. The molecule has 0 saturated heterocycles. The molecule has 1 unspecified atom stereocenters. The van der Waals surface area contributed by atoms with Crippen LogP contribution in [0.3, 0.4) is 0 Å². The number of fused-ring (bicyclic) bond motifs is 1. The number of carbonyl (C=O) groups excluding carboxylic acids is 1. The molecule has 1 amide bonds. The van der Waals surface area contributed by atoms with Crippen LogP contribution in [0.4, 0.5) is 14.6 Å². The Labute approximate surface area is 140 Å². The summed E-state index contributed by atoms with van der Waals surface area (Å²) in [6, 6.07) is 4.77. The van der Waals surface area contributed by atoms with Crippen molar-refractivity contribution in [3.05, 3.63) is 35.0 Å². The number of hydrogen-bond donors (Lipinski definition) is 2. The van der Waals surface area contributed by atoms with Crippen molar-refractivity contribution in [3.63, 3.8) is 0 Å². The third-order valence-electron chi connectivity index (χ3n) is 3.60. The van der Waals surface area contributed by atoms with Gasteiger partial charge in [0.05, 0.1) is 18.1 Å². The molecule has 2 aromatic rings. The van der Waals surface area contributed by atoms with Crippen molar-refractivity contribution in [2.75, 3.05) is 18.2 Å². The summed E-state index contributed by atoms with van der Waals surface area (Å²) in [7, 11) is 1.39. The molecule has 9 heteroatoms. The van der Waals surface area contributed by atoms with Crippen LogP contribution in [0.15, 0.2) is 18.2 Å². The predicted octanol–water partition coefficient (Wildman–Crippen LogP) is 3.10. The highest BCUT2D eigenvalue weighted by atomic mass is 32.2. The van der Waals surface area contributed by atoms with Crippen molar-refractivity contribution in [2.24, 2.45) is 0 Å². The lowest BCUT2D eigenvalue weighted by Gasteiger charge is -2.17. The van der Waals surface area contributed by atoms with Gasteiger partial charge in [-0.2, -0.15) is 13.9 Å². The van der Waals surface area contributed by atoms with E-state index in [0.717, 1.165) is 16.8 Å². The Kier molecular flexibility index (Phi) is 4.61. The molecule has 1 aromatic carbocycles. The minimum atomic E-state index is -2.93. The van der Waals surface area contributed by atoms with Gasteiger partial charge >= 0.3 is 6.61 Å². The monoisotopic (exact) mass is 355 g/mol. The van der Waals surface area contributed by atoms with Gasteiger partial charge in [0.1, 0.15) is 0 Å². The summed E-state index contributed by atoms with van der Waals surface area (Å²) in [5.74, 6) is 0.782. The van der Waals surface area contributed by atoms with Gasteiger partial charge in [-0.25, -0.2) is 0 Å². The summed E-state index contributed by atoms with van der Waals surface area (Å²) in [4.78, 5) is 11.8. The minimum absolute atomic E-state index is 0.0341. The lowest BCUT2D eigenvalue weighted by atomic mass is 10.0. The fourth-order valence-electron chi connectivity index (χ4n) is 2.57. The van der Waals surface area contributed by atoms with Crippen LogP contribution in [-0.4, -0.2) is 35.6 Å². The molecule has 0 fully saturated rings. The maximum atomic E-state index is 12.5. The quantitative estimate of drug-likeness (QED) is 0.881. The lowest BCUT2D eigenvalue weighted by molar-refractivity contribution is -0.113. The maximum absolute atomic E-state index is 12.5. The fourth-order valence-corrected chi connectivity index (χ4v) is 3.75. The van der Waals surface area contributed by atoms with Crippen LogP contribution >= 0.6 is 11.8 Å². The van der Waals surface area contributed by atoms with Crippen LogP contribution in [-0.2, 0) is 4.79 Å². The number of nitrogens with zero attached hydrogens (tertiary/aromatic N) is 1. The Balaban J connectivity index is 2.02. The summed E-state index contributed by atoms with van der Waals surface area (Å²) in [5, 5.41) is 9.54. The molecule has 0 spiro atoms. The molecule has 2 N–H and O–H groups in total. The minimum Gasteiger partial charge on any atom is -0.493 e. The number of halogens is 2. The number of nitrogens with one attached hydrogen (secondary N) is 2. The number of aromatic nitrogens is 2. The smallest absolute Gasteiger partial charge is 0.387 e. The molecule has 24 heavy (non-hydrogen) atoms. The van der Waals surface area contributed by atoms with E-state index in [1.54, 1.807) is 12.1 Å². The Morgan fingerprint density at radius 2 is 2.17 bits per heavy atom. The number of benzene rings is 1. The lowest BCUT2D eigenvalue weighted by Crippen LogP contribution is -2.12. The number of amides is 1. The molecule has 3 rings (SSSR count). The van der Waals surface area contributed by atoms with Crippen LogP contribution in [0, 0.1) is 6.92 Å². The van der Waals surface area contributed by atoms with E-state index in [0.29, 0.717) is 5.82 Å². The van der Waals surface area contributed by atoms with Crippen LogP contribution in [0.25, 0.3) is 0 Å². The van der Waals surface area contributed by atoms with Crippen molar-refractivity contribution in [1.29, 1.82) is 0 Å². The number of methoxy groups -OCH3 is 1. The topological polar surface area (TPSA) is 76.2 Å². The van der Waals surface area contributed by atoms with E-state index in [-0.39, 0.29) is 28.4 Å². The molecular formula is C15H15F2N3O3S. The number of aromatic amines is 1. The average Bonchev–Trinajstić information content (AvgIpc) is 2.79. The Morgan fingerprint density at radius 3 is 2.88 bits per heavy atom. The van der Waals surface area contributed by atoms with Crippen molar-refractivity contribution in [2.45, 2.75) is 18.8 Å². The van der Waals surface area contributed by atoms with E-state index in [1.807, 2.05) is 6.92 Å². The van der Waals surface area contributed by atoms with E-state index in [9.17, 15) is 13.6 Å². The van der Waals surface area contributed by atoms with Crippen molar-refractivity contribution >= 4 is 23.5 Å². The molecule has 128 valence electrons. The van der Waals surface area contributed by atoms with E-state index >= 15 is 0 Å². The van der Waals surface area contributed by atoms with Gasteiger partial charge in [-0.1, -0.05) is 6.07 Å². The fraction of sp³-hybridized carbons (Fsp3) is 0.333. The Morgan fingerprint density at radius 1 is 1.38 bits per heavy atom. The highest BCUT2D eigenvalue weighted by Crippen LogP contribution is 2.44. The summed E-state index contributed by atoms with van der Waals surface area (Å²) < 4.78 is 34.5. The second-order valence-corrected chi connectivity index (χ2v) is 6.23. The summed E-state index contributed by atoms with van der Waals surface area (Å²) in [5.41, 5.74) is 2.49. The molecule has 1 atom stereocenters.